The van der Waals surface area contributed by atoms with Gasteiger partial charge in [-0.2, -0.15) is 0 Å². The van der Waals surface area contributed by atoms with E-state index in [9.17, 15) is 14.0 Å². The van der Waals surface area contributed by atoms with E-state index >= 15 is 0 Å². The van der Waals surface area contributed by atoms with E-state index in [1.807, 2.05) is 0 Å². The van der Waals surface area contributed by atoms with E-state index in [2.05, 4.69) is 0 Å². The number of hydrogen-bond donors (Lipinski definition) is 0. The van der Waals surface area contributed by atoms with Crippen LogP contribution >= 0.6 is 0 Å². The molecule has 0 atom stereocenters. The first-order valence-corrected chi connectivity index (χ1v) is 5.49. The first kappa shape index (κ1) is 13.4. The predicted octanol–water partition coefficient (Wildman–Crippen LogP) is 2.66. The number of ether oxygens (including phenoxy) is 1. The second-order valence-electron chi connectivity index (χ2n) is 3.69. The molecule has 0 aromatic heterocycles. The van der Waals surface area contributed by atoms with E-state index < -0.39 is 0 Å². The van der Waals surface area contributed by atoms with Gasteiger partial charge in [-0.15, -0.1) is 0 Å². The van der Waals surface area contributed by atoms with Gasteiger partial charge in [-0.25, -0.2) is 4.39 Å². The molecule has 0 aliphatic carbocycles. The molecular formula is C13H15FO3. The maximum Gasteiger partial charge on any atom is 0.306 e. The Morgan fingerprint density at radius 3 is 2.59 bits per heavy atom. The van der Waals surface area contributed by atoms with Crippen molar-refractivity contribution in [3.63, 3.8) is 0 Å². The van der Waals surface area contributed by atoms with Crippen molar-refractivity contribution in [2.45, 2.75) is 26.7 Å². The molecule has 0 amide bonds. The van der Waals surface area contributed by atoms with Gasteiger partial charge in [0.15, 0.2) is 5.78 Å². The zero-order chi connectivity index (χ0) is 12.8. The summed E-state index contributed by atoms with van der Waals surface area (Å²) in [5, 5.41) is 0. The Bertz CT molecular complexity index is 427. The van der Waals surface area contributed by atoms with Gasteiger partial charge in [0, 0.05) is 12.0 Å². The van der Waals surface area contributed by atoms with Crippen LogP contribution in [0.2, 0.25) is 0 Å². The van der Waals surface area contributed by atoms with Crippen LogP contribution in [0, 0.1) is 12.7 Å². The largest absolute Gasteiger partial charge is 0.466 e. The third-order valence-corrected chi connectivity index (χ3v) is 2.35. The maximum absolute atomic E-state index is 12.8. The van der Waals surface area contributed by atoms with E-state index in [0.717, 1.165) is 0 Å². The maximum atomic E-state index is 12.8. The smallest absolute Gasteiger partial charge is 0.306 e. The molecule has 1 aromatic rings. The van der Waals surface area contributed by atoms with Gasteiger partial charge in [0.1, 0.15) is 5.82 Å². The van der Waals surface area contributed by atoms with Crippen LogP contribution in [0.1, 0.15) is 35.7 Å². The number of benzene rings is 1. The zero-order valence-electron chi connectivity index (χ0n) is 9.96. The number of Topliss-reactive ketones (excluding diaryl/α,β-unsaturated/α-hetero) is 1. The molecule has 4 heteroatoms. The van der Waals surface area contributed by atoms with Crippen molar-refractivity contribution in [1.82, 2.24) is 0 Å². The summed E-state index contributed by atoms with van der Waals surface area (Å²) in [7, 11) is 0. The lowest BCUT2D eigenvalue weighted by atomic mass is 10.0. The van der Waals surface area contributed by atoms with Crippen LogP contribution in [0.3, 0.4) is 0 Å². The molecule has 0 aliphatic heterocycles. The first-order chi connectivity index (χ1) is 8.04. The highest BCUT2D eigenvalue weighted by Crippen LogP contribution is 2.13. The van der Waals surface area contributed by atoms with Crippen molar-refractivity contribution >= 4 is 11.8 Å². The number of rotatable bonds is 5. The molecule has 0 saturated heterocycles. The molecule has 0 N–H and O–H groups in total. The highest BCUT2D eigenvalue weighted by atomic mass is 19.1. The SMILES string of the molecule is CCOC(=O)CCC(=O)c1ccc(F)cc1C. The van der Waals surface area contributed by atoms with Crippen LogP contribution in [0.25, 0.3) is 0 Å². The van der Waals surface area contributed by atoms with Crippen LogP contribution in [-0.4, -0.2) is 18.4 Å². The highest BCUT2D eigenvalue weighted by Gasteiger charge is 2.12. The molecule has 0 heterocycles. The number of carbonyl (C=O) groups excluding carboxylic acids is 2. The quantitative estimate of drug-likeness (QED) is 0.585. The minimum atomic E-state index is -0.388. The van der Waals surface area contributed by atoms with Crippen LogP contribution in [0.4, 0.5) is 4.39 Å². The molecule has 1 rings (SSSR count). The Morgan fingerprint density at radius 2 is 2.00 bits per heavy atom. The van der Waals surface area contributed by atoms with Crippen molar-refractivity contribution in [1.29, 1.82) is 0 Å². The van der Waals surface area contributed by atoms with E-state index in [1.54, 1.807) is 13.8 Å². The summed E-state index contributed by atoms with van der Waals surface area (Å²) in [6.45, 7) is 3.69. The molecular weight excluding hydrogens is 223 g/mol. The lowest BCUT2D eigenvalue weighted by molar-refractivity contribution is -0.143. The molecule has 0 spiro atoms. The lowest BCUT2D eigenvalue weighted by Gasteiger charge is -2.05. The standard InChI is InChI=1S/C13H15FO3/c1-3-17-13(16)7-6-12(15)11-5-4-10(14)8-9(11)2/h4-5,8H,3,6-7H2,1-2H3. The van der Waals surface area contributed by atoms with Crippen LogP contribution in [-0.2, 0) is 9.53 Å². The van der Waals surface area contributed by atoms with Crippen molar-refractivity contribution < 1.29 is 18.7 Å². The van der Waals surface area contributed by atoms with E-state index in [-0.39, 0.29) is 30.4 Å². The summed E-state index contributed by atoms with van der Waals surface area (Å²) in [6, 6.07) is 3.99. The average Bonchev–Trinajstić information content (AvgIpc) is 2.26. The molecule has 0 radical (unpaired) electrons. The van der Waals surface area contributed by atoms with Gasteiger partial charge in [-0.3, -0.25) is 9.59 Å². The lowest BCUT2D eigenvalue weighted by Crippen LogP contribution is -2.09. The summed E-state index contributed by atoms with van der Waals surface area (Å²) in [6.07, 6.45) is 0.148. The van der Waals surface area contributed by atoms with Gasteiger partial charge < -0.3 is 4.74 Å². The van der Waals surface area contributed by atoms with Gasteiger partial charge in [0.25, 0.3) is 0 Å². The molecule has 0 fully saturated rings. The average molecular weight is 238 g/mol. The highest BCUT2D eigenvalue weighted by molar-refractivity contribution is 5.98. The summed E-state index contributed by atoms with van der Waals surface area (Å²) >= 11 is 0. The number of hydrogen-bond acceptors (Lipinski definition) is 3. The summed E-state index contributed by atoms with van der Waals surface area (Å²) in [5.41, 5.74) is 1.04. The number of esters is 1. The van der Waals surface area contributed by atoms with Crippen LogP contribution in [0.5, 0.6) is 0 Å². The molecule has 1 aromatic carbocycles. The van der Waals surface area contributed by atoms with Gasteiger partial charge in [0.2, 0.25) is 0 Å². The molecule has 0 aliphatic rings. The monoisotopic (exact) mass is 238 g/mol. The minimum absolute atomic E-state index is 0.0590. The van der Waals surface area contributed by atoms with Crippen molar-refractivity contribution in [3.8, 4) is 0 Å². The van der Waals surface area contributed by atoms with Gasteiger partial charge in [-0.1, -0.05) is 0 Å². The molecule has 0 saturated carbocycles. The van der Waals surface area contributed by atoms with Gasteiger partial charge >= 0.3 is 5.97 Å². The zero-order valence-corrected chi connectivity index (χ0v) is 9.96. The minimum Gasteiger partial charge on any atom is -0.466 e. The van der Waals surface area contributed by atoms with Crippen LogP contribution in [0.15, 0.2) is 18.2 Å². The number of aryl methyl sites for hydroxylation is 1. The second kappa shape index (κ2) is 6.13. The van der Waals surface area contributed by atoms with E-state index in [4.69, 9.17) is 4.74 Å². The Hall–Kier alpha value is -1.71. The molecule has 92 valence electrons. The van der Waals surface area contributed by atoms with Gasteiger partial charge in [0.05, 0.1) is 13.0 Å². The third kappa shape index (κ3) is 3.98. The van der Waals surface area contributed by atoms with Crippen LogP contribution < -0.4 is 0 Å². The van der Waals surface area contributed by atoms with E-state index in [0.29, 0.717) is 17.7 Å². The third-order valence-electron chi connectivity index (χ3n) is 2.35. The van der Waals surface area contributed by atoms with Crippen molar-refractivity contribution in [3.05, 3.63) is 35.1 Å². The fraction of sp³-hybridized carbons (Fsp3) is 0.385. The molecule has 17 heavy (non-hydrogen) atoms. The number of carbonyl (C=O) groups is 2. The number of ketones is 1. The van der Waals surface area contributed by atoms with Crippen molar-refractivity contribution in [2.24, 2.45) is 0 Å². The predicted molar refractivity (Wildman–Crippen MR) is 61.3 cm³/mol. The Balaban J connectivity index is 2.61. The van der Waals surface area contributed by atoms with Crippen molar-refractivity contribution in [2.75, 3.05) is 6.61 Å². The summed E-state index contributed by atoms with van der Waals surface area (Å²) in [5.74, 6) is -0.930. The summed E-state index contributed by atoms with van der Waals surface area (Å²) in [4.78, 5) is 22.8. The topological polar surface area (TPSA) is 43.4 Å². The van der Waals surface area contributed by atoms with Gasteiger partial charge in [-0.05, 0) is 37.6 Å². The Labute approximate surface area is 99.6 Å². The molecule has 0 bridgehead atoms. The normalized spacial score (nSPS) is 10.1. The fourth-order valence-corrected chi connectivity index (χ4v) is 1.52. The molecule has 3 nitrogen and oxygen atoms in total. The Morgan fingerprint density at radius 1 is 1.29 bits per heavy atom. The molecule has 0 unspecified atom stereocenters. The van der Waals surface area contributed by atoms with E-state index in [1.165, 1.54) is 18.2 Å². The summed E-state index contributed by atoms with van der Waals surface area (Å²) < 4.78 is 17.6. The number of halogens is 1. The fourth-order valence-electron chi connectivity index (χ4n) is 1.52. The second-order valence-corrected chi connectivity index (χ2v) is 3.69. The Kier molecular flexibility index (Phi) is 4.82. The first-order valence-electron chi connectivity index (χ1n) is 5.49.